The van der Waals surface area contributed by atoms with E-state index in [0.29, 0.717) is 38.3 Å². The number of rotatable bonds is 3. The van der Waals surface area contributed by atoms with Crippen molar-refractivity contribution in [1.82, 2.24) is 9.80 Å². The Bertz CT molecular complexity index is 1070. The normalized spacial score (nSPS) is 29.8. The van der Waals surface area contributed by atoms with Crippen LogP contribution in [0.4, 0.5) is 23.7 Å². The number of carbonyl (C=O) groups is 1. The van der Waals surface area contributed by atoms with Gasteiger partial charge in [0.15, 0.2) is 0 Å². The molecule has 4 aliphatic rings. The number of hydrogen-bond donors (Lipinski definition) is 1. The van der Waals surface area contributed by atoms with Gasteiger partial charge in [0.25, 0.3) is 0 Å². The number of alkyl halides is 3. The topological polar surface area (TPSA) is 54.0 Å². The van der Waals surface area contributed by atoms with Gasteiger partial charge in [-0.1, -0.05) is 24.3 Å². The molecule has 6 nitrogen and oxygen atoms in total. The molecule has 1 N–H and O–H groups in total. The number of benzene rings is 1. The van der Waals surface area contributed by atoms with Gasteiger partial charge in [0.1, 0.15) is 5.60 Å². The second kappa shape index (κ2) is 10.6. The van der Waals surface area contributed by atoms with Gasteiger partial charge in [-0.15, -0.1) is 0 Å². The number of fused-ring (bicyclic) bond motifs is 3. The highest BCUT2D eigenvalue weighted by Crippen LogP contribution is 2.49. The smallest absolute Gasteiger partial charge is 0.416 e. The van der Waals surface area contributed by atoms with Crippen molar-refractivity contribution >= 4 is 11.8 Å². The highest BCUT2D eigenvalue weighted by atomic mass is 19.4. The lowest BCUT2D eigenvalue weighted by molar-refractivity contribution is -0.138. The zero-order chi connectivity index (χ0) is 27.1. The zero-order valence-corrected chi connectivity index (χ0v) is 22.3. The van der Waals surface area contributed by atoms with Gasteiger partial charge in [-0.3, -0.25) is 4.90 Å². The maximum Gasteiger partial charge on any atom is 0.416 e. The first-order valence-corrected chi connectivity index (χ1v) is 13.6. The van der Waals surface area contributed by atoms with Crippen LogP contribution in [0.15, 0.2) is 42.5 Å². The fourth-order valence-corrected chi connectivity index (χ4v) is 6.12. The van der Waals surface area contributed by atoms with Crippen LogP contribution in [0.1, 0.15) is 57.3 Å². The average Bonchev–Trinajstić information content (AvgIpc) is 2.87. The molecule has 38 heavy (non-hydrogen) atoms. The first-order chi connectivity index (χ1) is 18.0. The van der Waals surface area contributed by atoms with Gasteiger partial charge in [0.2, 0.25) is 0 Å². The minimum absolute atomic E-state index is 0.0766. The first-order valence-electron chi connectivity index (χ1n) is 13.6. The summed E-state index contributed by atoms with van der Waals surface area (Å²) in [5, 5.41) is 3.58. The van der Waals surface area contributed by atoms with Crippen LogP contribution in [0, 0.1) is 11.8 Å². The van der Waals surface area contributed by atoms with Crippen LogP contribution < -0.4 is 5.32 Å². The molecule has 1 aliphatic carbocycles. The van der Waals surface area contributed by atoms with E-state index in [-0.39, 0.29) is 36.2 Å². The molecule has 0 saturated carbocycles. The minimum Gasteiger partial charge on any atom is -0.444 e. The van der Waals surface area contributed by atoms with Crippen LogP contribution in [-0.4, -0.2) is 66.4 Å². The molecule has 5 rings (SSSR count). The molecule has 1 amide bonds. The molecule has 0 aromatic heterocycles. The zero-order valence-electron chi connectivity index (χ0n) is 22.3. The Morgan fingerprint density at radius 1 is 1.11 bits per heavy atom. The maximum atomic E-state index is 13.6. The Kier molecular flexibility index (Phi) is 7.52. The van der Waals surface area contributed by atoms with Crippen molar-refractivity contribution in [2.24, 2.45) is 11.8 Å². The third kappa shape index (κ3) is 6.04. The number of carbonyl (C=O) groups excluding carboxylic acids is 1. The SMILES string of the molecule is CC(C)(C)OC(=O)N1CCN(C[C@H]2CC[C@@H]3[C@H](O2)c2cc(C(F)(F)F)ccc2N[C@H]3C2C=CC=CC2)CC1. The second-order valence-corrected chi connectivity index (χ2v) is 11.9. The van der Waals surface area contributed by atoms with E-state index < -0.39 is 17.3 Å². The van der Waals surface area contributed by atoms with E-state index in [1.165, 1.54) is 6.07 Å². The van der Waals surface area contributed by atoms with Crippen molar-refractivity contribution < 1.29 is 27.4 Å². The van der Waals surface area contributed by atoms with Gasteiger partial charge in [-0.25, -0.2) is 4.79 Å². The van der Waals surface area contributed by atoms with Crippen molar-refractivity contribution in [2.75, 3.05) is 38.0 Å². The van der Waals surface area contributed by atoms with E-state index in [9.17, 15) is 18.0 Å². The number of allylic oxidation sites excluding steroid dienone is 3. The number of piperazine rings is 1. The molecule has 0 bridgehead atoms. The molecule has 9 heteroatoms. The summed E-state index contributed by atoms with van der Waals surface area (Å²) in [5.41, 5.74) is 0.175. The van der Waals surface area contributed by atoms with Crippen molar-refractivity contribution in [2.45, 2.75) is 70.1 Å². The Labute approximate surface area is 222 Å². The highest BCUT2D eigenvalue weighted by molar-refractivity contribution is 5.68. The number of nitrogens with one attached hydrogen (secondary N) is 1. The lowest BCUT2D eigenvalue weighted by Crippen LogP contribution is -2.53. The van der Waals surface area contributed by atoms with Gasteiger partial charge >= 0.3 is 12.3 Å². The third-order valence-corrected chi connectivity index (χ3v) is 7.98. The molecular weight excluding hydrogens is 495 g/mol. The summed E-state index contributed by atoms with van der Waals surface area (Å²) < 4.78 is 52.9. The number of halogens is 3. The van der Waals surface area contributed by atoms with Crippen LogP contribution in [0.2, 0.25) is 0 Å². The summed E-state index contributed by atoms with van der Waals surface area (Å²) in [7, 11) is 0. The molecule has 208 valence electrons. The van der Waals surface area contributed by atoms with E-state index in [2.05, 4.69) is 28.4 Å². The van der Waals surface area contributed by atoms with E-state index in [1.807, 2.05) is 26.8 Å². The molecular formula is C29H38F3N3O3. The van der Waals surface area contributed by atoms with Gasteiger partial charge in [-0.05, 0) is 58.2 Å². The van der Waals surface area contributed by atoms with E-state index in [0.717, 1.165) is 31.0 Å². The minimum atomic E-state index is -4.40. The number of ether oxygens (including phenoxy) is 2. The van der Waals surface area contributed by atoms with Crippen LogP contribution in [-0.2, 0) is 15.7 Å². The molecule has 3 heterocycles. The summed E-state index contributed by atoms with van der Waals surface area (Å²) in [6, 6.07) is 4.09. The first kappa shape index (κ1) is 27.1. The Hall–Kier alpha value is -2.52. The predicted molar refractivity (Wildman–Crippen MR) is 140 cm³/mol. The van der Waals surface area contributed by atoms with E-state index in [4.69, 9.17) is 9.47 Å². The summed E-state index contributed by atoms with van der Waals surface area (Å²) in [4.78, 5) is 16.4. The largest absolute Gasteiger partial charge is 0.444 e. The summed E-state index contributed by atoms with van der Waals surface area (Å²) in [5.74, 6) is 0.358. The van der Waals surface area contributed by atoms with E-state index >= 15 is 0 Å². The van der Waals surface area contributed by atoms with E-state index in [1.54, 1.807) is 11.0 Å². The van der Waals surface area contributed by atoms with Crippen LogP contribution in [0.5, 0.6) is 0 Å². The summed E-state index contributed by atoms with van der Waals surface area (Å²) in [6.07, 6.45) is 5.91. The lowest BCUT2D eigenvalue weighted by Gasteiger charge is -2.48. The van der Waals surface area contributed by atoms with Crippen LogP contribution in [0.25, 0.3) is 0 Å². The highest BCUT2D eigenvalue weighted by Gasteiger charge is 2.45. The van der Waals surface area contributed by atoms with Gasteiger partial charge < -0.3 is 19.7 Å². The summed E-state index contributed by atoms with van der Waals surface area (Å²) in [6.45, 7) is 8.87. The molecule has 2 fully saturated rings. The molecule has 1 aromatic rings. The molecule has 3 aliphatic heterocycles. The van der Waals surface area contributed by atoms with Crippen molar-refractivity contribution in [3.8, 4) is 0 Å². The van der Waals surface area contributed by atoms with Crippen LogP contribution in [0.3, 0.4) is 0 Å². The molecule has 1 aromatic carbocycles. The second-order valence-electron chi connectivity index (χ2n) is 11.9. The van der Waals surface area contributed by atoms with Crippen molar-refractivity contribution in [1.29, 1.82) is 0 Å². The Morgan fingerprint density at radius 3 is 2.53 bits per heavy atom. The van der Waals surface area contributed by atoms with Crippen molar-refractivity contribution in [3.63, 3.8) is 0 Å². The Morgan fingerprint density at radius 2 is 1.87 bits per heavy atom. The molecule has 0 radical (unpaired) electrons. The molecule has 5 atom stereocenters. The van der Waals surface area contributed by atoms with Gasteiger partial charge in [0, 0.05) is 61.9 Å². The lowest BCUT2D eigenvalue weighted by atomic mass is 9.73. The quantitative estimate of drug-likeness (QED) is 0.515. The number of hydrogen-bond acceptors (Lipinski definition) is 5. The molecule has 0 spiro atoms. The van der Waals surface area contributed by atoms with Crippen LogP contribution >= 0.6 is 0 Å². The van der Waals surface area contributed by atoms with Gasteiger partial charge in [-0.2, -0.15) is 13.2 Å². The number of anilines is 1. The summed E-state index contributed by atoms with van der Waals surface area (Å²) >= 11 is 0. The molecule has 1 unspecified atom stereocenters. The maximum absolute atomic E-state index is 13.6. The number of nitrogens with zero attached hydrogens (tertiary/aromatic N) is 2. The van der Waals surface area contributed by atoms with Gasteiger partial charge in [0.05, 0.1) is 17.8 Å². The standard InChI is InChI=1S/C29H38F3N3O3/c1-28(2,3)38-27(36)35-15-13-34(14-16-35)18-21-10-11-22-25(19-7-5-4-6-8-19)33-24-12-9-20(29(30,31)32)17-23(24)26(22)37-21/h4-7,9,12,17,19,21-22,25-26,33H,8,10-11,13-16,18H2,1-3H3/t19?,21-,22+,25+,26+/m1/s1. The van der Waals surface area contributed by atoms with Crippen molar-refractivity contribution in [3.05, 3.63) is 53.6 Å². The fraction of sp³-hybridized carbons (Fsp3) is 0.621. The Balaban J connectivity index is 1.28. The third-order valence-electron chi connectivity index (χ3n) is 7.98. The monoisotopic (exact) mass is 533 g/mol. The predicted octanol–water partition coefficient (Wildman–Crippen LogP) is 6.02. The molecule has 2 saturated heterocycles. The fourth-order valence-electron chi connectivity index (χ4n) is 6.12. The average molecular weight is 534 g/mol. The number of amides is 1.